The number of fused-ring (bicyclic) bond motifs is 1. The van der Waals surface area contributed by atoms with Gasteiger partial charge in [0.1, 0.15) is 0 Å². The Morgan fingerprint density at radius 1 is 1.05 bits per heavy atom. The second kappa shape index (κ2) is 8.57. The van der Waals surface area contributed by atoms with Crippen molar-refractivity contribution in [2.75, 3.05) is 6.61 Å². The second-order valence-electron chi connectivity index (χ2n) is 5.83. The van der Waals surface area contributed by atoms with Crippen LogP contribution in [0.5, 0.6) is 0 Å². The van der Waals surface area contributed by atoms with Crippen LogP contribution in [-0.2, 0) is 9.53 Å². The molecule has 2 aromatic rings. The van der Waals surface area contributed by atoms with Crippen LogP contribution in [0.4, 0.5) is 0 Å². The molecule has 0 bridgehead atoms. The molecule has 0 spiro atoms. The van der Waals surface area contributed by atoms with E-state index in [0.29, 0.717) is 13.0 Å². The van der Waals surface area contributed by atoms with Gasteiger partial charge in [-0.1, -0.05) is 69.2 Å². The molecular weight excluding hydrogens is 272 g/mol. The van der Waals surface area contributed by atoms with E-state index < -0.39 is 0 Å². The molecule has 2 aromatic carbocycles. The summed E-state index contributed by atoms with van der Waals surface area (Å²) in [6.07, 6.45) is 4.55. The number of carbonyl (C=O) groups excluding carboxylic acids is 1. The van der Waals surface area contributed by atoms with E-state index in [1.54, 1.807) is 0 Å². The summed E-state index contributed by atoms with van der Waals surface area (Å²) in [5.41, 5.74) is 1.27. The molecule has 0 heterocycles. The lowest BCUT2D eigenvalue weighted by Crippen LogP contribution is -2.11. The first-order valence-corrected chi connectivity index (χ1v) is 8.39. The topological polar surface area (TPSA) is 26.3 Å². The minimum absolute atomic E-state index is 0.0696. The minimum atomic E-state index is -0.0696. The number of unbranched alkanes of at least 4 members (excludes halogenated alkanes) is 1. The lowest BCUT2D eigenvalue weighted by atomic mass is 9.88. The van der Waals surface area contributed by atoms with Crippen LogP contribution in [0.15, 0.2) is 42.5 Å². The number of rotatable bonds is 8. The standard InChI is InChI=1S/C20H26O2/c1-3-5-14-22-20(21)15-17(9-4-2)19-13-8-11-16-10-6-7-12-18(16)19/h6-8,10-13,17H,3-5,9,14-15H2,1-2H3. The van der Waals surface area contributed by atoms with Crippen molar-refractivity contribution in [3.05, 3.63) is 48.0 Å². The third-order valence-electron chi connectivity index (χ3n) is 4.07. The largest absolute Gasteiger partial charge is 0.466 e. The molecule has 1 unspecified atom stereocenters. The number of carbonyl (C=O) groups is 1. The number of ether oxygens (including phenoxy) is 1. The van der Waals surface area contributed by atoms with Crippen molar-refractivity contribution in [3.63, 3.8) is 0 Å². The number of hydrogen-bond donors (Lipinski definition) is 0. The van der Waals surface area contributed by atoms with E-state index in [2.05, 4.69) is 56.3 Å². The van der Waals surface area contributed by atoms with Gasteiger partial charge in [-0.05, 0) is 35.1 Å². The van der Waals surface area contributed by atoms with Gasteiger partial charge in [0, 0.05) is 0 Å². The highest BCUT2D eigenvalue weighted by Crippen LogP contribution is 2.31. The quantitative estimate of drug-likeness (QED) is 0.478. The predicted molar refractivity (Wildman–Crippen MR) is 92.1 cm³/mol. The second-order valence-corrected chi connectivity index (χ2v) is 5.83. The Kier molecular flexibility index (Phi) is 6.45. The van der Waals surface area contributed by atoms with E-state index in [0.717, 1.165) is 25.7 Å². The Morgan fingerprint density at radius 3 is 2.59 bits per heavy atom. The van der Waals surface area contributed by atoms with Crippen molar-refractivity contribution < 1.29 is 9.53 Å². The van der Waals surface area contributed by atoms with Gasteiger partial charge in [0.2, 0.25) is 0 Å². The first-order valence-electron chi connectivity index (χ1n) is 8.39. The highest BCUT2D eigenvalue weighted by Gasteiger charge is 2.18. The third kappa shape index (κ3) is 4.33. The average Bonchev–Trinajstić information content (AvgIpc) is 2.54. The molecule has 0 N–H and O–H groups in total. The highest BCUT2D eigenvalue weighted by molar-refractivity contribution is 5.86. The van der Waals surface area contributed by atoms with Gasteiger partial charge in [0.05, 0.1) is 13.0 Å². The predicted octanol–water partition coefficient (Wildman–Crippen LogP) is 5.46. The first kappa shape index (κ1) is 16.5. The van der Waals surface area contributed by atoms with E-state index in [1.807, 2.05) is 0 Å². The van der Waals surface area contributed by atoms with Crippen molar-refractivity contribution in [2.24, 2.45) is 0 Å². The monoisotopic (exact) mass is 298 g/mol. The van der Waals surface area contributed by atoms with Gasteiger partial charge in [-0.15, -0.1) is 0 Å². The Balaban J connectivity index is 2.17. The zero-order valence-electron chi connectivity index (χ0n) is 13.7. The van der Waals surface area contributed by atoms with Crippen LogP contribution in [0, 0.1) is 0 Å². The summed E-state index contributed by atoms with van der Waals surface area (Å²) in [5.74, 6) is 0.171. The molecule has 0 saturated carbocycles. The van der Waals surface area contributed by atoms with Gasteiger partial charge in [-0.3, -0.25) is 4.79 Å². The zero-order chi connectivity index (χ0) is 15.8. The summed E-state index contributed by atoms with van der Waals surface area (Å²) in [4.78, 5) is 12.1. The van der Waals surface area contributed by atoms with E-state index >= 15 is 0 Å². The van der Waals surface area contributed by atoms with Gasteiger partial charge in [-0.2, -0.15) is 0 Å². The fourth-order valence-corrected chi connectivity index (χ4v) is 2.91. The number of benzene rings is 2. The Bertz CT molecular complexity index is 598. The maximum absolute atomic E-state index is 12.1. The first-order chi connectivity index (χ1) is 10.8. The van der Waals surface area contributed by atoms with Gasteiger partial charge in [-0.25, -0.2) is 0 Å². The van der Waals surface area contributed by atoms with Crippen molar-refractivity contribution in [1.82, 2.24) is 0 Å². The Labute approximate surface area is 133 Å². The molecule has 0 aliphatic heterocycles. The molecule has 22 heavy (non-hydrogen) atoms. The summed E-state index contributed by atoms with van der Waals surface area (Å²) < 4.78 is 5.35. The van der Waals surface area contributed by atoms with Crippen LogP contribution in [0.1, 0.15) is 57.4 Å². The van der Waals surface area contributed by atoms with Crippen molar-refractivity contribution in [1.29, 1.82) is 0 Å². The smallest absolute Gasteiger partial charge is 0.306 e. The summed E-state index contributed by atoms with van der Waals surface area (Å²) in [6.45, 7) is 4.81. The molecule has 0 fully saturated rings. The molecule has 2 rings (SSSR count). The molecule has 0 amide bonds. The molecule has 2 heteroatoms. The van der Waals surface area contributed by atoms with Crippen LogP contribution < -0.4 is 0 Å². The summed E-state index contributed by atoms with van der Waals surface area (Å²) in [6, 6.07) is 14.8. The fraction of sp³-hybridized carbons (Fsp3) is 0.450. The van der Waals surface area contributed by atoms with Gasteiger partial charge in [0.15, 0.2) is 0 Å². The molecule has 2 nitrogen and oxygen atoms in total. The van der Waals surface area contributed by atoms with E-state index in [4.69, 9.17) is 4.74 Å². The SMILES string of the molecule is CCCCOC(=O)CC(CCC)c1cccc2ccccc12. The average molecular weight is 298 g/mol. The molecule has 0 aliphatic rings. The number of esters is 1. The van der Waals surface area contributed by atoms with Crippen LogP contribution in [0.3, 0.4) is 0 Å². The molecule has 0 saturated heterocycles. The summed E-state index contributed by atoms with van der Waals surface area (Å²) >= 11 is 0. The van der Waals surface area contributed by atoms with Crippen molar-refractivity contribution >= 4 is 16.7 Å². The van der Waals surface area contributed by atoms with E-state index in [-0.39, 0.29) is 11.9 Å². The van der Waals surface area contributed by atoms with Crippen molar-refractivity contribution in [2.45, 2.75) is 51.9 Å². The fourth-order valence-electron chi connectivity index (χ4n) is 2.91. The summed E-state index contributed by atoms with van der Waals surface area (Å²) in [7, 11) is 0. The van der Waals surface area contributed by atoms with Gasteiger partial charge in [0.25, 0.3) is 0 Å². The third-order valence-corrected chi connectivity index (χ3v) is 4.07. The molecule has 118 valence electrons. The van der Waals surface area contributed by atoms with Crippen LogP contribution >= 0.6 is 0 Å². The Hall–Kier alpha value is -1.83. The molecule has 1 atom stereocenters. The lowest BCUT2D eigenvalue weighted by molar-refractivity contribution is -0.144. The molecule has 0 radical (unpaired) electrons. The van der Waals surface area contributed by atoms with Crippen molar-refractivity contribution in [3.8, 4) is 0 Å². The van der Waals surface area contributed by atoms with E-state index in [1.165, 1.54) is 16.3 Å². The lowest BCUT2D eigenvalue weighted by Gasteiger charge is -2.18. The van der Waals surface area contributed by atoms with Crippen LogP contribution in [-0.4, -0.2) is 12.6 Å². The van der Waals surface area contributed by atoms with Crippen LogP contribution in [0.2, 0.25) is 0 Å². The Morgan fingerprint density at radius 2 is 1.82 bits per heavy atom. The van der Waals surface area contributed by atoms with Crippen LogP contribution in [0.25, 0.3) is 10.8 Å². The zero-order valence-corrected chi connectivity index (χ0v) is 13.7. The molecule has 0 aliphatic carbocycles. The maximum atomic E-state index is 12.1. The molecule has 0 aromatic heterocycles. The minimum Gasteiger partial charge on any atom is -0.466 e. The van der Waals surface area contributed by atoms with Gasteiger partial charge >= 0.3 is 5.97 Å². The highest BCUT2D eigenvalue weighted by atomic mass is 16.5. The van der Waals surface area contributed by atoms with Gasteiger partial charge < -0.3 is 4.74 Å². The maximum Gasteiger partial charge on any atom is 0.306 e. The van der Waals surface area contributed by atoms with E-state index in [9.17, 15) is 4.79 Å². The summed E-state index contributed by atoms with van der Waals surface area (Å²) in [5, 5.41) is 2.49. The molecular formula is C20H26O2. The normalized spacial score (nSPS) is 12.3. The number of hydrogen-bond acceptors (Lipinski definition) is 2.